The van der Waals surface area contributed by atoms with Crippen molar-refractivity contribution in [2.24, 2.45) is 0 Å². The predicted octanol–water partition coefficient (Wildman–Crippen LogP) is 3.96. The number of hydrogen-bond donors (Lipinski definition) is 0. The van der Waals surface area contributed by atoms with Crippen molar-refractivity contribution >= 4 is 6.09 Å². The van der Waals surface area contributed by atoms with E-state index in [-0.39, 0.29) is 17.8 Å². The third-order valence-electron chi connectivity index (χ3n) is 3.33. The van der Waals surface area contributed by atoms with E-state index in [1.165, 1.54) is 12.1 Å². The molecule has 1 aromatic carbocycles. The molecule has 1 saturated heterocycles. The van der Waals surface area contributed by atoms with E-state index >= 15 is 0 Å². The Morgan fingerprint density at radius 3 is 2.22 bits per heavy atom. The Hall–Kier alpha value is -1.92. The fourth-order valence-corrected chi connectivity index (χ4v) is 2.16. The average Bonchev–Trinajstić information content (AvgIpc) is 2.36. The molecule has 0 bridgehead atoms. The molecular weight excluding hydrogens is 311 g/mol. The first kappa shape index (κ1) is 17.4. The zero-order valence-corrected chi connectivity index (χ0v) is 13.3. The molecule has 1 amide bonds. The average molecular weight is 331 g/mol. The van der Waals surface area contributed by atoms with Crippen molar-refractivity contribution in [2.75, 3.05) is 13.1 Å². The molecule has 1 aliphatic heterocycles. The Morgan fingerprint density at radius 2 is 1.74 bits per heavy atom. The number of amides is 1. The summed E-state index contributed by atoms with van der Waals surface area (Å²) in [5, 5.41) is 0. The molecular formula is C16H20F3NO3. The molecule has 0 saturated carbocycles. The van der Waals surface area contributed by atoms with Gasteiger partial charge in [-0.1, -0.05) is 12.1 Å². The number of rotatable bonds is 4. The lowest BCUT2D eigenvalue weighted by Gasteiger charge is -2.40. The fraction of sp³-hybridized carbons (Fsp3) is 0.562. The smallest absolute Gasteiger partial charge is 0.410 e. The molecule has 1 heterocycles. The minimum atomic E-state index is -3.18. The van der Waals surface area contributed by atoms with Gasteiger partial charge in [-0.05, 0) is 38.5 Å². The Morgan fingerprint density at radius 1 is 1.17 bits per heavy atom. The monoisotopic (exact) mass is 331 g/mol. The number of hydrogen-bond acceptors (Lipinski definition) is 3. The molecule has 1 fully saturated rings. The summed E-state index contributed by atoms with van der Waals surface area (Å²) in [5.41, 5.74) is 0.402. The zero-order chi connectivity index (χ0) is 17.2. The number of carbonyl (C=O) groups excluding carboxylic acids is 1. The largest absolute Gasteiger partial charge is 0.454 e. The van der Waals surface area contributed by atoms with Gasteiger partial charge < -0.3 is 14.4 Å². The van der Waals surface area contributed by atoms with Crippen LogP contribution >= 0.6 is 0 Å². The minimum absolute atomic E-state index is 0.0462. The standard InChI is InChI=1S/C16H20F3NO3/c1-16(2,3)23-15(21)20-8-11(9-20)10-4-6-12(7-5-10)22-14(19)13(17)18/h4-7,11,13-14H,8-9H2,1-3H3. The third-order valence-corrected chi connectivity index (χ3v) is 3.33. The summed E-state index contributed by atoms with van der Waals surface area (Å²) in [4.78, 5) is 13.4. The van der Waals surface area contributed by atoms with Crippen molar-refractivity contribution in [3.05, 3.63) is 29.8 Å². The van der Waals surface area contributed by atoms with E-state index in [1.807, 2.05) is 0 Å². The molecule has 0 aliphatic carbocycles. The number of ether oxygens (including phenoxy) is 2. The fourth-order valence-electron chi connectivity index (χ4n) is 2.16. The number of nitrogens with zero attached hydrogens (tertiary/aromatic N) is 1. The summed E-state index contributed by atoms with van der Waals surface area (Å²) in [6, 6.07) is 6.26. The van der Waals surface area contributed by atoms with E-state index in [0.29, 0.717) is 13.1 Å². The molecule has 4 nitrogen and oxygen atoms in total. The van der Waals surface area contributed by atoms with Crippen molar-refractivity contribution in [3.8, 4) is 5.75 Å². The molecule has 7 heteroatoms. The molecule has 2 rings (SSSR count). The lowest BCUT2D eigenvalue weighted by Crippen LogP contribution is -2.50. The van der Waals surface area contributed by atoms with Gasteiger partial charge in [0.1, 0.15) is 11.4 Å². The first-order valence-electron chi connectivity index (χ1n) is 7.32. The summed E-state index contributed by atoms with van der Waals surface area (Å²) in [7, 11) is 0. The van der Waals surface area contributed by atoms with Crippen LogP contribution in [0.5, 0.6) is 5.75 Å². The quantitative estimate of drug-likeness (QED) is 0.838. The number of carbonyl (C=O) groups is 1. The van der Waals surface area contributed by atoms with Crippen LogP contribution in [0.3, 0.4) is 0 Å². The van der Waals surface area contributed by atoms with Gasteiger partial charge in [0.2, 0.25) is 0 Å². The van der Waals surface area contributed by atoms with Crippen LogP contribution in [0.25, 0.3) is 0 Å². The molecule has 0 radical (unpaired) electrons. The topological polar surface area (TPSA) is 38.8 Å². The predicted molar refractivity (Wildman–Crippen MR) is 78.5 cm³/mol. The Bertz CT molecular complexity index is 536. The van der Waals surface area contributed by atoms with Crippen LogP contribution in [0.15, 0.2) is 24.3 Å². The summed E-state index contributed by atoms with van der Waals surface area (Å²) >= 11 is 0. The first-order valence-corrected chi connectivity index (χ1v) is 7.32. The van der Waals surface area contributed by atoms with Crippen molar-refractivity contribution in [1.82, 2.24) is 4.90 Å². The molecule has 1 atom stereocenters. The maximum atomic E-state index is 12.8. The second kappa shape index (κ2) is 6.68. The van der Waals surface area contributed by atoms with Gasteiger partial charge in [-0.2, -0.15) is 4.39 Å². The normalized spacial score (nSPS) is 16.9. The number of halogens is 3. The van der Waals surface area contributed by atoms with Gasteiger partial charge in [-0.3, -0.25) is 0 Å². The highest BCUT2D eigenvalue weighted by Crippen LogP contribution is 2.30. The van der Waals surface area contributed by atoms with Crippen LogP contribution in [0.4, 0.5) is 18.0 Å². The van der Waals surface area contributed by atoms with Crippen LogP contribution < -0.4 is 4.74 Å². The van der Waals surface area contributed by atoms with E-state index in [0.717, 1.165) is 5.56 Å². The van der Waals surface area contributed by atoms with E-state index in [1.54, 1.807) is 37.8 Å². The molecule has 0 spiro atoms. The number of likely N-dealkylation sites (tertiary alicyclic amines) is 1. The minimum Gasteiger partial charge on any atom is -0.454 e. The second-order valence-corrected chi connectivity index (χ2v) is 6.45. The summed E-state index contributed by atoms with van der Waals surface area (Å²) in [6.07, 6.45) is -6.16. The van der Waals surface area contributed by atoms with Crippen LogP contribution in [-0.4, -0.2) is 42.5 Å². The molecule has 23 heavy (non-hydrogen) atoms. The van der Waals surface area contributed by atoms with Crippen LogP contribution in [0, 0.1) is 0 Å². The lowest BCUT2D eigenvalue weighted by molar-refractivity contribution is -0.0669. The van der Waals surface area contributed by atoms with Gasteiger partial charge in [0.25, 0.3) is 6.36 Å². The summed E-state index contributed by atoms with van der Waals surface area (Å²) in [6.45, 7) is 6.46. The van der Waals surface area contributed by atoms with Gasteiger partial charge in [-0.25, -0.2) is 13.6 Å². The van der Waals surface area contributed by atoms with Crippen molar-refractivity contribution in [3.63, 3.8) is 0 Å². The number of benzene rings is 1. The van der Waals surface area contributed by atoms with Crippen LogP contribution in [0.2, 0.25) is 0 Å². The molecule has 1 aromatic rings. The van der Waals surface area contributed by atoms with Gasteiger partial charge in [0, 0.05) is 19.0 Å². The van der Waals surface area contributed by atoms with Gasteiger partial charge in [0.05, 0.1) is 0 Å². The Kier molecular flexibility index (Phi) is 5.06. The van der Waals surface area contributed by atoms with E-state index in [9.17, 15) is 18.0 Å². The third kappa shape index (κ3) is 4.77. The van der Waals surface area contributed by atoms with Crippen LogP contribution in [-0.2, 0) is 4.74 Å². The number of alkyl halides is 3. The maximum Gasteiger partial charge on any atom is 0.410 e. The van der Waals surface area contributed by atoms with Crippen molar-refractivity contribution in [2.45, 2.75) is 45.1 Å². The van der Waals surface area contributed by atoms with Gasteiger partial charge >= 0.3 is 12.5 Å². The maximum absolute atomic E-state index is 12.8. The SMILES string of the molecule is CC(C)(C)OC(=O)N1CC(c2ccc(OC(F)C(F)F)cc2)C1. The Balaban J connectivity index is 1.85. The summed E-state index contributed by atoms with van der Waals surface area (Å²) in [5.74, 6) is 0.192. The highest BCUT2D eigenvalue weighted by Gasteiger charge is 2.34. The summed E-state index contributed by atoms with van der Waals surface area (Å²) < 4.78 is 46.7. The van der Waals surface area contributed by atoms with Gasteiger partial charge in [-0.15, -0.1) is 0 Å². The molecule has 0 N–H and O–H groups in total. The molecule has 128 valence electrons. The molecule has 0 aromatic heterocycles. The molecule has 1 aliphatic rings. The van der Waals surface area contributed by atoms with Crippen molar-refractivity contribution < 1.29 is 27.4 Å². The Labute approximate surface area is 133 Å². The highest BCUT2D eigenvalue weighted by molar-refractivity contribution is 5.69. The zero-order valence-electron chi connectivity index (χ0n) is 13.3. The van der Waals surface area contributed by atoms with E-state index in [4.69, 9.17) is 4.74 Å². The van der Waals surface area contributed by atoms with Crippen LogP contribution in [0.1, 0.15) is 32.3 Å². The van der Waals surface area contributed by atoms with Crippen molar-refractivity contribution in [1.29, 1.82) is 0 Å². The second-order valence-electron chi connectivity index (χ2n) is 6.45. The van der Waals surface area contributed by atoms with E-state index < -0.39 is 18.4 Å². The van der Waals surface area contributed by atoms with E-state index in [2.05, 4.69) is 4.74 Å². The molecule has 1 unspecified atom stereocenters. The van der Waals surface area contributed by atoms with Gasteiger partial charge in [0.15, 0.2) is 0 Å². The highest BCUT2D eigenvalue weighted by atomic mass is 19.3. The first-order chi connectivity index (χ1) is 10.7. The lowest BCUT2D eigenvalue weighted by atomic mass is 9.92.